The van der Waals surface area contributed by atoms with Gasteiger partial charge in [-0.3, -0.25) is 9.59 Å². The van der Waals surface area contributed by atoms with Gasteiger partial charge in [-0.15, -0.1) is 11.8 Å². The summed E-state index contributed by atoms with van der Waals surface area (Å²) in [5, 5.41) is 6.16. The Balaban J connectivity index is 1.79. The van der Waals surface area contributed by atoms with E-state index in [1.54, 1.807) is 18.2 Å². The Morgan fingerprint density at radius 3 is 2.32 bits per heavy atom. The molecule has 0 bridgehead atoms. The van der Waals surface area contributed by atoms with Crippen LogP contribution in [0.15, 0.2) is 77.7 Å². The van der Waals surface area contributed by atoms with Gasteiger partial charge in [-0.25, -0.2) is 0 Å². The molecule has 0 fully saturated rings. The molecule has 0 heterocycles. The first-order valence-corrected chi connectivity index (χ1v) is 11.5. The summed E-state index contributed by atoms with van der Waals surface area (Å²) in [5.74, 6) is -0.219. The summed E-state index contributed by atoms with van der Waals surface area (Å²) < 4.78 is 0. The first-order chi connectivity index (χ1) is 15.0. The lowest BCUT2D eigenvalue weighted by Gasteiger charge is -2.18. The van der Waals surface area contributed by atoms with E-state index in [9.17, 15) is 9.59 Å². The monoisotopic (exact) mass is 472 g/mol. The molecule has 0 aliphatic rings. The molecule has 160 valence electrons. The minimum atomic E-state index is -0.503. The van der Waals surface area contributed by atoms with Gasteiger partial charge in [0, 0.05) is 22.0 Å². The van der Waals surface area contributed by atoms with Gasteiger partial charge in [0.2, 0.25) is 11.8 Å². The van der Waals surface area contributed by atoms with Crippen LogP contribution in [0.3, 0.4) is 0 Å². The fourth-order valence-corrected chi connectivity index (χ4v) is 4.26. The second-order valence-electron chi connectivity index (χ2n) is 6.84. The van der Waals surface area contributed by atoms with Gasteiger partial charge in [0.25, 0.3) is 0 Å². The summed E-state index contributed by atoms with van der Waals surface area (Å²) >= 11 is 13.7. The Labute approximate surface area is 196 Å². The lowest BCUT2D eigenvalue weighted by Crippen LogP contribution is -2.19. The largest absolute Gasteiger partial charge is 0.326 e. The molecule has 0 radical (unpaired) electrons. The van der Waals surface area contributed by atoms with Gasteiger partial charge in [0.15, 0.2) is 0 Å². The topological polar surface area (TPSA) is 58.2 Å². The molecule has 0 aliphatic carbocycles. The number of nitrogens with one attached hydrogen (secondary N) is 2. The molecule has 0 aliphatic heterocycles. The summed E-state index contributed by atoms with van der Waals surface area (Å²) in [4.78, 5) is 25.9. The number of rotatable bonds is 8. The van der Waals surface area contributed by atoms with Crippen molar-refractivity contribution in [3.63, 3.8) is 0 Å². The number of hydrogen-bond acceptors (Lipinski definition) is 3. The first kappa shape index (κ1) is 23.2. The molecular formula is C24H22Cl2N2O2S. The zero-order valence-electron chi connectivity index (χ0n) is 16.9. The van der Waals surface area contributed by atoms with Crippen LogP contribution >= 0.6 is 35.0 Å². The van der Waals surface area contributed by atoms with Crippen LogP contribution in [0.25, 0.3) is 0 Å². The Morgan fingerprint density at radius 2 is 1.65 bits per heavy atom. The van der Waals surface area contributed by atoms with Crippen LogP contribution in [0.1, 0.15) is 30.6 Å². The van der Waals surface area contributed by atoms with Gasteiger partial charge in [0.05, 0.1) is 10.7 Å². The predicted octanol–water partition coefficient (Wildman–Crippen LogP) is 7.20. The summed E-state index contributed by atoms with van der Waals surface area (Å²) in [6.07, 6.45) is 1.28. The third kappa shape index (κ3) is 6.76. The average Bonchev–Trinajstić information content (AvgIpc) is 2.76. The molecule has 0 saturated carbocycles. The quantitative estimate of drug-likeness (QED) is 0.340. The normalized spacial score (nSPS) is 11.6. The van der Waals surface area contributed by atoms with E-state index in [2.05, 4.69) is 10.6 Å². The highest BCUT2D eigenvalue weighted by molar-refractivity contribution is 8.00. The maximum Gasteiger partial charge on any atom is 0.242 e. The highest BCUT2D eigenvalue weighted by Crippen LogP contribution is 2.37. The minimum Gasteiger partial charge on any atom is -0.326 e. The number of thioether (sulfide) groups is 1. The number of hydrogen-bond donors (Lipinski definition) is 2. The Kier molecular flexibility index (Phi) is 8.41. The van der Waals surface area contributed by atoms with Gasteiger partial charge in [-0.1, -0.05) is 60.5 Å². The minimum absolute atomic E-state index is 0.0113. The molecule has 0 aromatic heterocycles. The highest BCUT2D eigenvalue weighted by Gasteiger charge is 2.23. The SMILES string of the molecule is CCCC(=O)Nc1ccc(SC(C(=O)Nc2cc(Cl)ccc2Cl)c2ccccc2)cc1. The zero-order valence-corrected chi connectivity index (χ0v) is 19.2. The smallest absolute Gasteiger partial charge is 0.242 e. The Morgan fingerprint density at radius 1 is 0.935 bits per heavy atom. The molecule has 2 amide bonds. The van der Waals surface area contributed by atoms with E-state index in [1.807, 2.05) is 61.5 Å². The maximum absolute atomic E-state index is 13.2. The summed E-state index contributed by atoms with van der Waals surface area (Å²) in [6.45, 7) is 1.96. The standard InChI is InChI=1S/C24H22Cl2N2O2S/c1-2-6-22(29)27-18-10-12-19(13-11-18)31-23(16-7-4-3-5-8-16)24(30)28-21-15-17(25)9-14-20(21)26/h3-5,7-15,23H,2,6H2,1H3,(H,27,29)(H,28,30). The van der Waals surface area contributed by atoms with Gasteiger partial charge in [-0.05, 0) is 54.4 Å². The summed E-state index contributed by atoms with van der Waals surface area (Å²) in [6, 6.07) is 21.9. The third-order valence-electron chi connectivity index (χ3n) is 4.40. The van der Waals surface area contributed by atoms with Crippen molar-refractivity contribution in [2.45, 2.75) is 29.9 Å². The van der Waals surface area contributed by atoms with Gasteiger partial charge < -0.3 is 10.6 Å². The van der Waals surface area contributed by atoms with Crippen LogP contribution in [-0.4, -0.2) is 11.8 Å². The van der Waals surface area contributed by atoms with Crippen molar-refractivity contribution in [1.29, 1.82) is 0 Å². The van der Waals surface area contributed by atoms with Crippen molar-refractivity contribution in [2.24, 2.45) is 0 Å². The number of anilines is 2. The molecule has 4 nitrogen and oxygen atoms in total. The number of carbonyl (C=O) groups is 2. The van der Waals surface area contributed by atoms with Crippen molar-refractivity contribution in [1.82, 2.24) is 0 Å². The number of benzene rings is 3. The number of halogens is 2. The van der Waals surface area contributed by atoms with E-state index in [1.165, 1.54) is 11.8 Å². The van der Waals surface area contributed by atoms with E-state index in [4.69, 9.17) is 23.2 Å². The number of amides is 2. The fraction of sp³-hybridized carbons (Fsp3) is 0.167. The van der Waals surface area contributed by atoms with Gasteiger partial charge in [0.1, 0.15) is 5.25 Å². The van der Waals surface area contributed by atoms with Crippen molar-refractivity contribution in [2.75, 3.05) is 10.6 Å². The first-order valence-electron chi connectivity index (χ1n) is 9.83. The Bertz CT molecular complexity index is 1040. The van der Waals surface area contributed by atoms with Crippen LogP contribution in [-0.2, 0) is 9.59 Å². The van der Waals surface area contributed by atoms with Crippen LogP contribution in [0, 0.1) is 0 Å². The average molecular weight is 473 g/mol. The van der Waals surface area contributed by atoms with Crippen molar-refractivity contribution in [3.05, 3.63) is 88.4 Å². The molecule has 0 spiro atoms. The highest BCUT2D eigenvalue weighted by atomic mass is 35.5. The van der Waals surface area contributed by atoms with Gasteiger partial charge >= 0.3 is 0 Å². The predicted molar refractivity (Wildman–Crippen MR) is 130 cm³/mol. The van der Waals surface area contributed by atoms with Gasteiger partial charge in [-0.2, -0.15) is 0 Å². The van der Waals surface area contributed by atoms with Crippen LogP contribution in [0.4, 0.5) is 11.4 Å². The van der Waals surface area contributed by atoms with E-state index in [0.29, 0.717) is 22.2 Å². The summed E-state index contributed by atoms with van der Waals surface area (Å²) in [5.41, 5.74) is 2.06. The molecule has 31 heavy (non-hydrogen) atoms. The molecular weight excluding hydrogens is 451 g/mol. The van der Waals surface area contributed by atoms with Crippen LogP contribution < -0.4 is 10.6 Å². The molecule has 0 saturated heterocycles. The molecule has 2 N–H and O–H groups in total. The third-order valence-corrected chi connectivity index (χ3v) is 6.23. The molecule has 3 aromatic carbocycles. The van der Waals surface area contributed by atoms with E-state index >= 15 is 0 Å². The second kappa shape index (κ2) is 11.2. The molecule has 3 aromatic rings. The number of carbonyl (C=O) groups excluding carboxylic acids is 2. The molecule has 3 rings (SSSR count). The zero-order chi connectivity index (χ0) is 22.2. The molecule has 7 heteroatoms. The van der Waals surface area contributed by atoms with E-state index in [0.717, 1.165) is 22.6 Å². The van der Waals surface area contributed by atoms with Crippen molar-refractivity contribution in [3.8, 4) is 0 Å². The van der Waals surface area contributed by atoms with Crippen LogP contribution in [0.5, 0.6) is 0 Å². The maximum atomic E-state index is 13.2. The summed E-state index contributed by atoms with van der Waals surface area (Å²) in [7, 11) is 0. The Hall–Kier alpha value is -2.47. The van der Waals surface area contributed by atoms with Crippen molar-refractivity contribution >= 4 is 58.2 Å². The lowest BCUT2D eigenvalue weighted by molar-refractivity contribution is -0.116. The lowest BCUT2D eigenvalue weighted by atomic mass is 10.1. The van der Waals surface area contributed by atoms with Crippen LogP contribution in [0.2, 0.25) is 10.0 Å². The molecule has 1 unspecified atom stereocenters. The second-order valence-corrected chi connectivity index (χ2v) is 8.87. The van der Waals surface area contributed by atoms with Crippen molar-refractivity contribution < 1.29 is 9.59 Å². The molecule has 1 atom stereocenters. The van der Waals surface area contributed by atoms with E-state index < -0.39 is 5.25 Å². The van der Waals surface area contributed by atoms with E-state index in [-0.39, 0.29) is 11.8 Å². The fourth-order valence-electron chi connectivity index (χ4n) is 2.90.